The minimum atomic E-state index is -3.73. The molecule has 0 spiro atoms. The van der Waals surface area contributed by atoms with E-state index in [0.717, 1.165) is 6.07 Å². The number of carbonyl (C=O) groups is 1. The number of carbonyl (C=O) groups excluding carboxylic acids is 1. The van der Waals surface area contributed by atoms with Crippen LogP contribution in [0.2, 0.25) is 0 Å². The Morgan fingerprint density at radius 2 is 1.93 bits per heavy atom. The molecule has 0 saturated heterocycles. The van der Waals surface area contributed by atoms with Crippen molar-refractivity contribution in [2.45, 2.75) is 25.7 Å². The lowest BCUT2D eigenvalue weighted by Gasteiger charge is -2.17. The number of hydrogen-bond acceptors (Lipinski definition) is 7. The fourth-order valence-corrected chi connectivity index (χ4v) is 2.94. The molecule has 1 aliphatic heterocycles. The van der Waals surface area contributed by atoms with Gasteiger partial charge in [0.2, 0.25) is 0 Å². The number of alkyl halides is 2. The molecule has 11 heteroatoms. The predicted octanol–water partition coefficient (Wildman–Crippen LogP) is 2.43. The first kappa shape index (κ1) is 19.4. The molecule has 0 unspecified atom stereocenters. The maximum Gasteiger partial charge on any atom is 0.586 e. The lowest BCUT2D eigenvalue weighted by molar-refractivity contribution is -0.286. The number of aromatic amines is 1. The third kappa shape index (κ3) is 3.95. The van der Waals surface area contributed by atoms with Crippen molar-refractivity contribution in [3.63, 3.8) is 0 Å². The molecule has 4 rings (SSSR count). The van der Waals surface area contributed by atoms with Gasteiger partial charge in [0.25, 0.3) is 11.5 Å². The highest BCUT2D eigenvalue weighted by atomic mass is 19.3. The number of hydrogen-bond donors (Lipinski definition) is 2. The van der Waals surface area contributed by atoms with Crippen LogP contribution >= 0.6 is 0 Å². The molecule has 0 saturated carbocycles. The van der Waals surface area contributed by atoms with Gasteiger partial charge in [-0.15, -0.1) is 8.78 Å². The molecule has 3 aromatic rings. The monoisotopic (exact) mass is 415 g/mol. The maximum atomic E-state index is 13.2. The number of rotatable bonds is 5. The molecule has 2 N–H and O–H groups in total. The third-order valence-electron chi connectivity index (χ3n) is 4.29. The number of benzene rings is 1. The van der Waals surface area contributed by atoms with Crippen molar-refractivity contribution in [3.05, 3.63) is 64.3 Å². The van der Waals surface area contributed by atoms with Gasteiger partial charge in [-0.2, -0.15) is 0 Å². The molecule has 3 heterocycles. The fraction of sp³-hybridized carbons (Fsp3) is 0.211. The van der Waals surface area contributed by atoms with Gasteiger partial charge in [-0.25, -0.2) is 15.0 Å². The lowest BCUT2D eigenvalue weighted by atomic mass is 10.0. The van der Waals surface area contributed by atoms with Gasteiger partial charge in [0.1, 0.15) is 5.69 Å². The average Bonchev–Trinajstić information content (AvgIpc) is 3.04. The van der Waals surface area contributed by atoms with Crippen molar-refractivity contribution in [1.82, 2.24) is 25.3 Å². The summed E-state index contributed by atoms with van der Waals surface area (Å²) in [5.41, 5.74) is -0.148. The first-order valence-corrected chi connectivity index (χ1v) is 8.94. The van der Waals surface area contributed by atoms with E-state index in [-0.39, 0.29) is 28.8 Å². The maximum absolute atomic E-state index is 13.2. The molecule has 154 valence electrons. The van der Waals surface area contributed by atoms with Crippen molar-refractivity contribution in [1.29, 1.82) is 0 Å². The van der Waals surface area contributed by atoms with Crippen LogP contribution in [-0.2, 0) is 0 Å². The van der Waals surface area contributed by atoms with Gasteiger partial charge in [-0.05, 0) is 30.2 Å². The molecule has 0 aliphatic carbocycles. The standard InChI is InChI=1S/C19H15F2N5O4/c1-2-11(10-4-5-13-14(8-10)30-19(20,21)29-13)25-18(28)12-9-15(27)26-17(24-12)16-22-6-3-7-23-16/h3-9,11H,2H2,1H3,(H,25,28)(H,24,26,27)/t11-/m1/s1. The minimum Gasteiger partial charge on any atom is -0.395 e. The molecule has 2 aromatic heterocycles. The van der Waals surface area contributed by atoms with E-state index in [1.165, 1.54) is 24.5 Å². The SMILES string of the molecule is CC[C@@H](NC(=O)c1cc(=O)[nH]c(-c2ncccn2)n1)c1ccc2c(c1)OC(F)(F)O2. The Labute approximate surface area is 168 Å². The first-order chi connectivity index (χ1) is 14.3. The first-order valence-electron chi connectivity index (χ1n) is 8.94. The van der Waals surface area contributed by atoms with Crippen LogP contribution in [0.3, 0.4) is 0 Å². The number of fused-ring (bicyclic) bond motifs is 1. The van der Waals surface area contributed by atoms with Gasteiger partial charge in [-0.1, -0.05) is 13.0 Å². The summed E-state index contributed by atoms with van der Waals surface area (Å²) in [4.78, 5) is 39.3. The lowest BCUT2D eigenvalue weighted by Crippen LogP contribution is -2.30. The Morgan fingerprint density at radius 3 is 2.67 bits per heavy atom. The van der Waals surface area contributed by atoms with E-state index >= 15 is 0 Å². The van der Waals surface area contributed by atoms with Crippen LogP contribution in [0.4, 0.5) is 8.78 Å². The van der Waals surface area contributed by atoms with Crippen LogP contribution < -0.4 is 20.3 Å². The second-order valence-electron chi connectivity index (χ2n) is 6.36. The topological polar surface area (TPSA) is 119 Å². The highest BCUT2D eigenvalue weighted by Crippen LogP contribution is 2.42. The Balaban J connectivity index is 1.58. The fourth-order valence-electron chi connectivity index (χ4n) is 2.94. The van der Waals surface area contributed by atoms with Crippen LogP contribution in [0.15, 0.2) is 47.5 Å². The zero-order chi connectivity index (χ0) is 21.3. The summed E-state index contributed by atoms with van der Waals surface area (Å²) < 4.78 is 35.3. The number of halogens is 2. The van der Waals surface area contributed by atoms with E-state index in [1.54, 1.807) is 19.1 Å². The number of aromatic nitrogens is 4. The molecule has 0 fully saturated rings. The molecule has 0 bridgehead atoms. The molecule has 1 atom stereocenters. The summed E-state index contributed by atoms with van der Waals surface area (Å²) in [5, 5.41) is 2.74. The number of H-pyrrole nitrogens is 1. The zero-order valence-electron chi connectivity index (χ0n) is 15.6. The average molecular weight is 415 g/mol. The second-order valence-corrected chi connectivity index (χ2v) is 6.36. The summed E-state index contributed by atoms with van der Waals surface area (Å²) >= 11 is 0. The van der Waals surface area contributed by atoms with Crippen LogP contribution in [0.25, 0.3) is 11.6 Å². The highest BCUT2D eigenvalue weighted by Gasteiger charge is 2.43. The molecular weight excluding hydrogens is 400 g/mol. The Morgan fingerprint density at radius 1 is 1.20 bits per heavy atom. The highest BCUT2D eigenvalue weighted by molar-refractivity contribution is 5.92. The van der Waals surface area contributed by atoms with E-state index in [4.69, 9.17) is 0 Å². The smallest absolute Gasteiger partial charge is 0.395 e. The van der Waals surface area contributed by atoms with E-state index in [9.17, 15) is 18.4 Å². The van der Waals surface area contributed by atoms with Gasteiger partial charge in [-0.3, -0.25) is 9.59 Å². The van der Waals surface area contributed by atoms with E-state index in [1.807, 2.05) is 0 Å². The Bertz CT molecular complexity index is 1150. The van der Waals surface area contributed by atoms with E-state index in [0.29, 0.717) is 12.0 Å². The Kier molecular flexibility index (Phi) is 4.86. The minimum absolute atomic E-state index is 0.0478. The summed E-state index contributed by atoms with van der Waals surface area (Å²) in [7, 11) is 0. The molecular formula is C19H15F2N5O4. The molecule has 0 radical (unpaired) electrons. The Hall–Kier alpha value is -3.89. The quantitative estimate of drug-likeness (QED) is 0.657. The zero-order valence-corrected chi connectivity index (χ0v) is 15.6. The predicted molar refractivity (Wildman–Crippen MR) is 99.0 cm³/mol. The number of nitrogens with one attached hydrogen (secondary N) is 2. The van der Waals surface area contributed by atoms with Gasteiger partial charge < -0.3 is 19.8 Å². The number of amides is 1. The van der Waals surface area contributed by atoms with Crippen molar-refractivity contribution in [2.24, 2.45) is 0 Å². The van der Waals surface area contributed by atoms with Crippen molar-refractivity contribution < 1.29 is 23.0 Å². The normalized spacial score (nSPS) is 14.9. The summed E-state index contributed by atoms with van der Waals surface area (Å²) in [6, 6.07) is 6.38. The number of nitrogens with zero attached hydrogens (tertiary/aromatic N) is 3. The van der Waals surface area contributed by atoms with Crippen LogP contribution in [0.5, 0.6) is 11.5 Å². The molecule has 9 nitrogen and oxygen atoms in total. The molecule has 1 aromatic carbocycles. The second kappa shape index (κ2) is 7.50. The summed E-state index contributed by atoms with van der Waals surface area (Å²) in [5.74, 6) is -0.621. The van der Waals surface area contributed by atoms with Gasteiger partial charge >= 0.3 is 6.29 Å². The molecule has 1 amide bonds. The molecule has 30 heavy (non-hydrogen) atoms. The van der Waals surface area contributed by atoms with Crippen molar-refractivity contribution >= 4 is 5.91 Å². The van der Waals surface area contributed by atoms with Crippen LogP contribution in [0, 0.1) is 0 Å². The van der Waals surface area contributed by atoms with E-state index in [2.05, 4.69) is 34.7 Å². The largest absolute Gasteiger partial charge is 0.586 e. The van der Waals surface area contributed by atoms with Gasteiger partial charge in [0.05, 0.1) is 6.04 Å². The third-order valence-corrected chi connectivity index (χ3v) is 4.29. The van der Waals surface area contributed by atoms with E-state index < -0.39 is 23.8 Å². The van der Waals surface area contributed by atoms with Gasteiger partial charge in [0, 0.05) is 18.5 Å². The number of ether oxygens (including phenoxy) is 2. The van der Waals surface area contributed by atoms with Crippen molar-refractivity contribution in [3.8, 4) is 23.1 Å². The summed E-state index contributed by atoms with van der Waals surface area (Å²) in [6.45, 7) is 1.80. The molecule has 1 aliphatic rings. The van der Waals surface area contributed by atoms with Crippen molar-refractivity contribution in [2.75, 3.05) is 0 Å². The van der Waals surface area contributed by atoms with Gasteiger partial charge in [0.15, 0.2) is 23.1 Å². The van der Waals surface area contributed by atoms with Crippen LogP contribution in [0.1, 0.15) is 35.4 Å². The van der Waals surface area contributed by atoms with Crippen LogP contribution in [-0.4, -0.2) is 32.1 Å². The summed E-state index contributed by atoms with van der Waals surface area (Å²) in [6.07, 6.45) is -0.326.